The molecule has 0 aromatic carbocycles. The van der Waals surface area contributed by atoms with E-state index in [1.807, 2.05) is 7.05 Å². The predicted octanol–water partition coefficient (Wildman–Crippen LogP) is 1.63. The highest BCUT2D eigenvalue weighted by molar-refractivity contribution is 14.0. The molecule has 2 N–H and O–H groups in total. The zero-order valence-corrected chi connectivity index (χ0v) is 20.0. The molecule has 0 atom stereocenters. The lowest BCUT2D eigenvalue weighted by atomic mass is 10.3. The minimum absolute atomic E-state index is 0. The average molecular weight is 499 g/mol. The van der Waals surface area contributed by atoms with E-state index >= 15 is 0 Å². The summed E-state index contributed by atoms with van der Waals surface area (Å²) in [6.07, 6.45) is 4.71. The molecule has 1 fully saturated rings. The summed E-state index contributed by atoms with van der Waals surface area (Å²) in [5, 5.41) is 6.67. The van der Waals surface area contributed by atoms with Gasteiger partial charge >= 0.3 is 0 Å². The van der Waals surface area contributed by atoms with E-state index in [2.05, 4.69) is 39.4 Å². The fourth-order valence-corrected chi connectivity index (χ4v) is 2.86. The van der Waals surface area contributed by atoms with E-state index in [0.717, 1.165) is 45.0 Å². The number of nitrogens with zero attached hydrogens (tertiary/aromatic N) is 3. The van der Waals surface area contributed by atoms with Crippen molar-refractivity contribution >= 4 is 29.9 Å². The van der Waals surface area contributed by atoms with Gasteiger partial charge in [0, 0.05) is 39.8 Å². The van der Waals surface area contributed by atoms with E-state index in [1.165, 1.54) is 39.0 Å². The van der Waals surface area contributed by atoms with Crippen LogP contribution >= 0.6 is 24.0 Å². The molecule has 1 rings (SSSR count). The van der Waals surface area contributed by atoms with Crippen molar-refractivity contribution in [3.05, 3.63) is 0 Å². The van der Waals surface area contributed by atoms with Crippen molar-refractivity contribution in [2.24, 2.45) is 4.99 Å². The van der Waals surface area contributed by atoms with Crippen molar-refractivity contribution in [2.45, 2.75) is 32.6 Å². The molecule has 1 aliphatic heterocycles. The quantitative estimate of drug-likeness (QED) is 0.174. The third-order valence-corrected chi connectivity index (χ3v) is 4.53. The van der Waals surface area contributed by atoms with Crippen molar-refractivity contribution < 1.29 is 9.47 Å². The van der Waals surface area contributed by atoms with Gasteiger partial charge in [0.15, 0.2) is 5.96 Å². The normalized spacial score (nSPS) is 16.6. The van der Waals surface area contributed by atoms with Crippen LogP contribution in [0.2, 0.25) is 0 Å². The van der Waals surface area contributed by atoms with Crippen LogP contribution in [0.1, 0.15) is 32.6 Å². The summed E-state index contributed by atoms with van der Waals surface area (Å²) in [7, 11) is 4.02. The van der Waals surface area contributed by atoms with Crippen LogP contribution in [0.4, 0.5) is 0 Å². The highest BCUT2D eigenvalue weighted by Gasteiger charge is 2.11. The summed E-state index contributed by atoms with van der Waals surface area (Å²) in [6, 6.07) is 0. The fraction of sp³-hybridized carbons (Fsp3) is 0.947. The molecule has 0 unspecified atom stereocenters. The minimum Gasteiger partial charge on any atom is -0.379 e. The lowest BCUT2D eigenvalue weighted by molar-refractivity contribution is 0.0487. The molecule has 0 spiro atoms. The van der Waals surface area contributed by atoms with Crippen LogP contribution in [0, 0.1) is 0 Å². The molecular weight excluding hydrogens is 457 g/mol. The van der Waals surface area contributed by atoms with E-state index in [4.69, 9.17) is 9.47 Å². The topological polar surface area (TPSA) is 61.4 Å². The largest absolute Gasteiger partial charge is 0.379 e. The monoisotopic (exact) mass is 499 g/mol. The van der Waals surface area contributed by atoms with Crippen LogP contribution in [0.25, 0.3) is 0 Å². The van der Waals surface area contributed by atoms with E-state index < -0.39 is 0 Å². The number of nitrogens with one attached hydrogen (secondary N) is 2. The number of likely N-dealkylation sites (N-methyl/N-ethyl adjacent to an activating group) is 1. The van der Waals surface area contributed by atoms with Gasteiger partial charge in [-0.3, -0.25) is 4.99 Å². The van der Waals surface area contributed by atoms with Gasteiger partial charge in [0.05, 0.1) is 19.8 Å². The van der Waals surface area contributed by atoms with Crippen molar-refractivity contribution in [1.82, 2.24) is 20.4 Å². The maximum atomic E-state index is 5.55. The number of unbranched alkanes of at least 4 members (excludes halogenated alkanes) is 1. The molecule has 0 bridgehead atoms. The number of rotatable bonds is 13. The maximum absolute atomic E-state index is 5.55. The van der Waals surface area contributed by atoms with Gasteiger partial charge in [-0.2, -0.15) is 0 Å². The predicted molar refractivity (Wildman–Crippen MR) is 124 cm³/mol. The van der Waals surface area contributed by atoms with E-state index in [-0.39, 0.29) is 24.0 Å². The average Bonchev–Trinajstić information content (AvgIpc) is 2.86. The Labute approximate surface area is 183 Å². The Morgan fingerprint density at radius 2 is 1.67 bits per heavy atom. The van der Waals surface area contributed by atoms with Crippen LogP contribution < -0.4 is 10.6 Å². The van der Waals surface area contributed by atoms with Crippen molar-refractivity contribution in [3.8, 4) is 0 Å². The van der Waals surface area contributed by atoms with E-state index in [9.17, 15) is 0 Å². The van der Waals surface area contributed by atoms with Gasteiger partial charge in [0.1, 0.15) is 0 Å². The molecule has 0 amide bonds. The molecule has 1 heterocycles. The number of guanidine groups is 1. The summed E-state index contributed by atoms with van der Waals surface area (Å²) < 4.78 is 11.0. The van der Waals surface area contributed by atoms with Gasteiger partial charge in [-0.05, 0) is 45.9 Å². The minimum atomic E-state index is 0. The Morgan fingerprint density at radius 1 is 0.926 bits per heavy atom. The lowest BCUT2D eigenvalue weighted by Gasteiger charge is -2.20. The Bertz CT molecular complexity index is 361. The van der Waals surface area contributed by atoms with Gasteiger partial charge in [0.2, 0.25) is 0 Å². The highest BCUT2D eigenvalue weighted by atomic mass is 127. The Morgan fingerprint density at radius 3 is 2.41 bits per heavy atom. The Balaban J connectivity index is 0.00000676. The molecule has 27 heavy (non-hydrogen) atoms. The summed E-state index contributed by atoms with van der Waals surface area (Å²) in [6.45, 7) is 12.7. The van der Waals surface area contributed by atoms with Gasteiger partial charge in [0.25, 0.3) is 0 Å². The van der Waals surface area contributed by atoms with Gasteiger partial charge in [-0.25, -0.2) is 0 Å². The second kappa shape index (κ2) is 19.2. The van der Waals surface area contributed by atoms with Crippen molar-refractivity contribution in [3.63, 3.8) is 0 Å². The van der Waals surface area contributed by atoms with Crippen LogP contribution in [-0.2, 0) is 9.47 Å². The first-order chi connectivity index (χ1) is 12.8. The number of hydrogen-bond donors (Lipinski definition) is 2. The third-order valence-electron chi connectivity index (χ3n) is 4.53. The zero-order chi connectivity index (χ0) is 18.9. The van der Waals surface area contributed by atoms with Gasteiger partial charge in [-0.15, -0.1) is 24.0 Å². The summed E-state index contributed by atoms with van der Waals surface area (Å²) in [4.78, 5) is 9.25. The summed E-state index contributed by atoms with van der Waals surface area (Å²) in [5.41, 5.74) is 0. The van der Waals surface area contributed by atoms with Gasteiger partial charge in [-0.1, -0.05) is 13.3 Å². The third kappa shape index (κ3) is 15.4. The second-order valence-electron chi connectivity index (χ2n) is 6.86. The molecule has 8 heteroatoms. The first-order valence-corrected chi connectivity index (χ1v) is 10.3. The first kappa shape index (κ1) is 26.8. The van der Waals surface area contributed by atoms with Crippen LogP contribution in [0.3, 0.4) is 0 Å². The molecule has 0 aromatic rings. The maximum Gasteiger partial charge on any atom is 0.191 e. The molecule has 1 aliphatic rings. The molecule has 162 valence electrons. The molecule has 7 nitrogen and oxygen atoms in total. The number of halogens is 1. The van der Waals surface area contributed by atoms with Crippen LogP contribution in [0.5, 0.6) is 0 Å². The summed E-state index contributed by atoms with van der Waals surface area (Å²) >= 11 is 0. The Hall–Kier alpha value is -0.160. The molecular formula is C19H42IN5O2. The molecule has 0 aliphatic carbocycles. The van der Waals surface area contributed by atoms with Gasteiger partial charge < -0.3 is 29.9 Å². The number of hydrogen-bond acceptors (Lipinski definition) is 5. The lowest BCUT2D eigenvalue weighted by Crippen LogP contribution is -2.40. The Kier molecular flexibility index (Phi) is 19.1. The summed E-state index contributed by atoms with van der Waals surface area (Å²) in [5.74, 6) is 0.850. The molecule has 0 radical (unpaired) electrons. The smallest absolute Gasteiger partial charge is 0.191 e. The van der Waals surface area contributed by atoms with E-state index in [0.29, 0.717) is 19.8 Å². The zero-order valence-electron chi connectivity index (χ0n) is 17.7. The molecule has 1 saturated heterocycles. The second-order valence-corrected chi connectivity index (χ2v) is 6.86. The number of aliphatic imine (C=N–C) groups is 1. The SMILES string of the molecule is CCCCOCCOCCNC(=NC)NCCCN1CCCN(C)CC1.I. The fourth-order valence-electron chi connectivity index (χ4n) is 2.86. The highest BCUT2D eigenvalue weighted by Crippen LogP contribution is 2.01. The van der Waals surface area contributed by atoms with Crippen LogP contribution in [-0.4, -0.2) is 102 Å². The van der Waals surface area contributed by atoms with Crippen molar-refractivity contribution in [2.75, 3.05) is 86.3 Å². The standard InChI is InChI=1S/C19H41N5O2.HI/c1-4-5-15-25-17-18-26-16-9-22-19(20-2)21-8-6-11-24-12-7-10-23(3)13-14-24;/h4-18H2,1-3H3,(H2,20,21,22);1H. The first-order valence-electron chi connectivity index (χ1n) is 10.3. The molecule has 0 saturated carbocycles. The van der Waals surface area contributed by atoms with Crippen LogP contribution in [0.15, 0.2) is 4.99 Å². The van der Waals surface area contributed by atoms with Crippen molar-refractivity contribution in [1.29, 1.82) is 0 Å². The van der Waals surface area contributed by atoms with E-state index in [1.54, 1.807) is 0 Å². The molecule has 0 aromatic heterocycles. The number of ether oxygens (including phenoxy) is 2.